The van der Waals surface area contributed by atoms with E-state index >= 15 is 0 Å². The molecule has 1 amide bonds. The molecule has 10 heteroatoms. The molecule has 3 aromatic carbocycles. The molecule has 0 atom stereocenters. The minimum atomic E-state index is -2.34. The first kappa shape index (κ1) is 20.5. The van der Waals surface area contributed by atoms with Gasteiger partial charge in [0.05, 0.1) is 5.69 Å². The van der Waals surface area contributed by atoms with Gasteiger partial charge in [-0.3, -0.25) is 4.79 Å². The molecule has 31 heavy (non-hydrogen) atoms. The molecule has 0 radical (unpaired) electrons. The minimum absolute atomic E-state index is 0.0809. The number of aromatic nitrogens is 3. The van der Waals surface area contributed by atoms with E-state index in [0.29, 0.717) is 22.3 Å². The van der Waals surface area contributed by atoms with Gasteiger partial charge in [0, 0.05) is 5.69 Å². The Morgan fingerprint density at radius 3 is 1.90 bits per heavy atom. The van der Waals surface area contributed by atoms with E-state index in [-0.39, 0.29) is 5.69 Å². The summed E-state index contributed by atoms with van der Waals surface area (Å²) in [5, 5.41) is 10.8. The van der Waals surface area contributed by atoms with Crippen LogP contribution in [0.15, 0.2) is 36.4 Å². The van der Waals surface area contributed by atoms with Crippen LogP contribution in [-0.4, -0.2) is 20.9 Å². The summed E-state index contributed by atoms with van der Waals surface area (Å²) in [5.74, 6) is -12.6. The molecule has 0 bridgehead atoms. The molecule has 5 nitrogen and oxygen atoms in total. The molecule has 4 aromatic rings. The molecular formula is C21H13F5N4O. The summed E-state index contributed by atoms with van der Waals surface area (Å²) < 4.78 is 67.9. The second kappa shape index (κ2) is 7.46. The van der Waals surface area contributed by atoms with Crippen molar-refractivity contribution in [2.75, 3.05) is 5.32 Å². The molecule has 0 aliphatic rings. The molecule has 1 N–H and O–H groups in total. The van der Waals surface area contributed by atoms with E-state index in [2.05, 4.69) is 15.5 Å². The number of nitrogens with one attached hydrogen (secondary N) is 1. The van der Waals surface area contributed by atoms with E-state index in [0.717, 1.165) is 5.56 Å². The number of nitrogens with zero attached hydrogens (tertiary/aromatic N) is 3. The highest BCUT2D eigenvalue weighted by atomic mass is 19.2. The zero-order valence-corrected chi connectivity index (χ0v) is 16.1. The van der Waals surface area contributed by atoms with Crippen LogP contribution in [0.3, 0.4) is 0 Å². The first-order valence-corrected chi connectivity index (χ1v) is 8.95. The van der Waals surface area contributed by atoms with Gasteiger partial charge in [0.2, 0.25) is 5.82 Å². The number of carbonyl (C=O) groups excluding carboxylic acids is 1. The Balaban J connectivity index is 1.72. The van der Waals surface area contributed by atoms with Crippen LogP contribution in [0.5, 0.6) is 0 Å². The fourth-order valence-electron chi connectivity index (χ4n) is 2.99. The Kier molecular flexibility index (Phi) is 4.92. The quantitative estimate of drug-likeness (QED) is 0.282. The van der Waals surface area contributed by atoms with Crippen LogP contribution in [0.25, 0.3) is 16.7 Å². The number of carbonyl (C=O) groups is 1. The van der Waals surface area contributed by atoms with Crippen LogP contribution in [0, 0.1) is 42.9 Å². The molecule has 0 spiro atoms. The molecule has 0 saturated carbocycles. The first-order chi connectivity index (χ1) is 14.7. The maximum atomic E-state index is 13.9. The number of fused-ring (bicyclic) bond motifs is 1. The fraction of sp³-hybridized carbons (Fsp3) is 0.0952. The number of aryl methyl sites for hydroxylation is 2. The van der Waals surface area contributed by atoms with Crippen molar-refractivity contribution < 1.29 is 26.7 Å². The lowest BCUT2D eigenvalue weighted by Crippen LogP contribution is -2.19. The van der Waals surface area contributed by atoms with Crippen molar-refractivity contribution in [1.82, 2.24) is 15.0 Å². The predicted octanol–water partition coefficient (Wildman–Crippen LogP) is 4.99. The lowest BCUT2D eigenvalue weighted by Gasteiger charge is -2.11. The standard InChI is InChI=1S/C21H13F5N4O/c1-9-3-5-11(6-4-9)30-28-13-7-10(2)12(8-14(13)29-30)27-21(31)15-16(22)18(24)20(26)19(25)17(15)23/h3-8H,1-2H3,(H,27,31). The van der Waals surface area contributed by atoms with Crippen molar-refractivity contribution in [3.05, 3.63) is 82.2 Å². The third-order valence-electron chi connectivity index (χ3n) is 4.68. The number of anilines is 1. The molecule has 0 saturated heterocycles. The first-order valence-electron chi connectivity index (χ1n) is 8.95. The van der Waals surface area contributed by atoms with E-state index < -0.39 is 40.6 Å². The van der Waals surface area contributed by atoms with Crippen LogP contribution in [0.4, 0.5) is 27.6 Å². The third-order valence-corrected chi connectivity index (χ3v) is 4.68. The maximum absolute atomic E-state index is 13.9. The smallest absolute Gasteiger partial charge is 0.261 e. The summed E-state index contributed by atoms with van der Waals surface area (Å²) in [6, 6.07) is 10.3. The van der Waals surface area contributed by atoms with Crippen molar-refractivity contribution in [3.8, 4) is 5.69 Å². The van der Waals surface area contributed by atoms with Gasteiger partial charge in [-0.25, -0.2) is 22.0 Å². The van der Waals surface area contributed by atoms with E-state index in [1.165, 1.54) is 10.9 Å². The number of hydrogen-bond donors (Lipinski definition) is 1. The summed E-state index contributed by atoms with van der Waals surface area (Å²) >= 11 is 0. The van der Waals surface area contributed by atoms with Gasteiger partial charge in [0.25, 0.3) is 5.91 Å². The van der Waals surface area contributed by atoms with Gasteiger partial charge in [-0.2, -0.15) is 4.80 Å². The zero-order chi connectivity index (χ0) is 22.4. The number of halogens is 5. The highest BCUT2D eigenvalue weighted by molar-refractivity contribution is 6.05. The molecule has 1 heterocycles. The average Bonchev–Trinajstić information content (AvgIpc) is 3.14. The van der Waals surface area contributed by atoms with Crippen LogP contribution < -0.4 is 5.32 Å². The monoisotopic (exact) mass is 432 g/mol. The number of hydrogen-bond acceptors (Lipinski definition) is 3. The highest BCUT2D eigenvalue weighted by Crippen LogP contribution is 2.26. The Bertz CT molecular complexity index is 1320. The van der Waals surface area contributed by atoms with Crippen molar-refractivity contribution in [3.63, 3.8) is 0 Å². The van der Waals surface area contributed by atoms with Crippen molar-refractivity contribution in [2.45, 2.75) is 13.8 Å². The van der Waals surface area contributed by atoms with Crippen molar-refractivity contribution in [2.24, 2.45) is 0 Å². The Labute approximate surface area is 172 Å². The Morgan fingerprint density at radius 1 is 0.806 bits per heavy atom. The van der Waals surface area contributed by atoms with Crippen molar-refractivity contribution in [1.29, 1.82) is 0 Å². The van der Waals surface area contributed by atoms with Gasteiger partial charge in [-0.15, -0.1) is 10.2 Å². The lowest BCUT2D eigenvalue weighted by atomic mass is 10.1. The summed E-state index contributed by atoms with van der Waals surface area (Å²) in [6.07, 6.45) is 0. The van der Waals surface area contributed by atoms with Gasteiger partial charge in [-0.05, 0) is 43.7 Å². The molecule has 0 aliphatic heterocycles. The predicted molar refractivity (Wildman–Crippen MR) is 103 cm³/mol. The van der Waals surface area contributed by atoms with Crippen LogP contribution >= 0.6 is 0 Å². The third kappa shape index (κ3) is 3.49. The molecule has 1 aromatic heterocycles. The second-order valence-electron chi connectivity index (χ2n) is 6.88. The molecule has 0 unspecified atom stereocenters. The van der Waals surface area contributed by atoms with E-state index in [1.54, 1.807) is 13.0 Å². The summed E-state index contributed by atoms with van der Waals surface area (Å²) in [6.45, 7) is 3.51. The lowest BCUT2D eigenvalue weighted by molar-refractivity contribution is 0.101. The maximum Gasteiger partial charge on any atom is 0.261 e. The van der Waals surface area contributed by atoms with Gasteiger partial charge >= 0.3 is 0 Å². The average molecular weight is 432 g/mol. The normalized spacial score (nSPS) is 11.2. The Morgan fingerprint density at radius 2 is 1.32 bits per heavy atom. The van der Waals surface area contributed by atoms with Crippen LogP contribution in [0.2, 0.25) is 0 Å². The molecule has 0 aliphatic carbocycles. The van der Waals surface area contributed by atoms with E-state index in [9.17, 15) is 26.7 Å². The number of amides is 1. The molecule has 4 rings (SSSR count). The summed E-state index contributed by atoms with van der Waals surface area (Å²) in [5.41, 5.74) is 1.52. The van der Waals surface area contributed by atoms with E-state index in [1.807, 2.05) is 31.2 Å². The molecular weight excluding hydrogens is 419 g/mol. The summed E-state index contributed by atoms with van der Waals surface area (Å²) in [7, 11) is 0. The van der Waals surface area contributed by atoms with E-state index in [4.69, 9.17) is 0 Å². The summed E-state index contributed by atoms with van der Waals surface area (Å²) in [4.78, 5) is 13.7. The number of benzene rings is 3. The molecule has 0 fully saturated rings. The van der Waals surface area contributed by atoms with Crippen LogP contribution in [-0.2, 0) is 0 Å². The fourth-order valence-corrected chi connectivity index (χ4v) is 2.99. The van der Waals surface area contributed by atoms with Crippen LogP contribution in [0.1, 0.15) is 21.5 Å². The van der Waals surface area contributed by atoms with Gasteiger partial charge in [-0.1, -0.05) is 17.7 Å². The minimum Gasteiger partial charge on any atom is -0.321 e. The second-order valence-corrected chi connectivity index (χ2v) is 6.88. The number of rotatable bonds is 3. The molecule has 158 valence electrons. The largest absolute Gasteiger partial charge is 0.321 e. The van der Waals surface area contributed by atoms with Gasteiger partial charge < -0.3 is 5.32 Å². The van der Waals surface area contributed by atoms with Gasteiger partial charge in [0.1, 0.15) is 16.6 Å². The van der Waals surface area contributed by atoms with Gasteiger partial charge in [0.15, 0.2) is 23.3 Å². The topological polar surface area (TPSA) is 59.8 Å². The Hall–Kier alpha value is -3.82. The van der Waals surface area contributed by atoms with Crippen molar-refractivity contribution >= 4 is 22.6 Å². The highest BCUT2D eigenvalue weighted by Gasteiger charge is 2.30. The SMILES string of the molecule is Cc1ccc(-n2nc3cc(C)c(NC(=O)c4c(F)c(F)c(F)c(F)c4F)cc3n2)cc1. The zero-order valence-electron chi connectivity index (χ0n) is 16.1.